The van der Waals surface area contributed by atoms with Crippen molar-refractivity contribution in [3.05, 3.63) is 29.6 Å². The molecule has 0 unspecified atom stereocenters. The fraction of sp³-hybridized carbons (Fsp3) is 0.731. The molecule has 1 N–H and O–H groups in total. The lowest BCUT2D eigenvalue weighted by molar-refractivity contribution is 0.328. The van der Waals surface area contributed by atoms with Crippen LogP contribution in [0.25, 0.3) is 11.0 Å². The van der Waals surface area contributed by atoms with Crippen molar-refractivity contribution < 1.29 is 0 Å². The number of hydrogen-bond acceptors (Lipinski definition) is 1. The van der Waals surface area contributed by atoms with E-state index in [-0.39, 0.29) is 0 Å². The number of unbranched alkanes of at least 4 members (excludes halogenated alkanes) is 7. The van der Waals surface area contributed by atoms with Crippen molar-refractivity contribution in [3.63, 3.8) is 0 Å². The molecule has 1 aliphatic rings. The molecule has 0 spiro atoms. The molecule has 2 nitrogen and oxygen atoms in total. The van der Waals surface area contributed by atoms with E-state index in [0.717, 1.165) is 17.9 Å². The van der Waals surface area contributed by atoms with Crippen molar-refractivity contribution in [1.29, 1.82) is 0 Å². The van der Waals surface area contributed by atoms with E-state index in [1.54, 1.807) is 0 Å². The molecule has 156 valence electrons. The van der Waals surface area contributed by atoms with Crippen LogP contribution >= 0.6 is 0 Å². The molecule has 1 saturated carbocycles. The number of aromatic amines is 1. The van der Waals surface area contributed by atoms with Gasteiger partial charge >= 0.3 is 0 Å². The number of nitrogens with zero attached hydrogens (tertiary/aromatic N) is 1. The molecule has 2 heteroatoms. The molecule has 0 bridgehead atoms. The van der Waals surface area contributed by atoms with E-state index in [4.69, 9.17) is 4.98 Å². The van der Waals surface area contributed by atoms with Crippen LogP contribution in [0.2, 0.25) is 0 Å². The highest BCUT2D eigenvalue weighted by molar-refractivity contribution is 5.75. The Hall–Kier alpha value is -1.31. The summed E-state index contributed by atoms with van der Waals surface area (Å²) in [5, 5.41) is 0. The van der Waals surface area contributed by atoms with Crippen LogP contribution in [0, 0.1) is 5.92 Å². The number of rotatable bonds is 13. The van der Waals surface area contributed by atoms with Crippen LogP contribution in [-0.4, -0.2) is 9.97 Å². The van der Waals surface area contributed by atoms with Crippen LogP contribution in [0.5, 0.6) is 0 Å². The standard InChI is InChI=1S/C26H42N2/c1-2-3-4-5-10-17-23-19-20-24-25(21-23)28-26(27-24)18-13-7-6-9-14-22-15-11-8-12-16-22/h19-22H,2-18H2,1H3,(H,27,28). The van der Waals surface area contributed by atoms with Crippen molar-refractivity contribution in [2.45, 2.75) is 116 Å². The summed E-state index contributed by atoms with van der Waals surface area (Å²) < 4.78 is 0. The second-order valence-corrected chi connectivity index (χ2v) is 9.16. The zero-order valence-electron chi connectivity index (χ0n) is 18.3. The molecule has 3 rings (SSSR count). The molecular weight excluding hydrogens is 340 g/mol. The lowest BCUT2D eigenvalue weighted by atomic mass is 9.85. The summed E-state index contributed by atoms with van der Waals surface area (Å²) in [5.41, 5.74) is 3.84. The quantitative estimate of drug-likeness (QED) is 0.348. The molecule has 1 aliphatic carbocycles. The number of hydrogen-bond donors (Lipinski definition) is 1. The smallest absolute Gasteiger partial charge is 0.107 e. The first-order chi connectivity index (χ1) is 13.8. The van der Waals surface area contributed by atoms with E-state index in [1.807, 2.05) is 0 Å². The molecular formula is C26H42N2. The lowest BCUT2D eigenvalue weighted by Crippen LogP contribution is -2.05. The molecule has 1 aromatic heterocycles. The van der Waals surface area contributed by atoms with E-state index >= 15 is 0 Å². The van der Waals surface area contributed by atoms with Crippen molar-refractivity contribution in [2.24, 2.45) is 5.92 Å². The number of benzene rings is 1. The van der Waals surface area contributed by atoms with Gasteiger partial charge in [-0.3, -0.25) is 0 Å². The van der Waals surface area contributed by atoms with Gasteiger partial charge in [0.2, 0.25) is 0 Å². The van der Waals surface area contributed by atoms with Crippen LogP contribution in [0.15, 0.2) is 18.2 Å². The average molecular weight is 383 g/mol. The van der Waals surface area contributed by atoms with Gasteiger partial charge in [0.05, 0.1) is 11.0 Å². The first-order valence-corrected chi connectivity index (χ1v) is 12.3. The van der Waals surface area contributed by atoms with Crippen LogP contribution < -0.4 is 0 Å². The summed E-state index contributed by atoms with van der Waals surface area (Å²) in [6.07, 6.45) is 23.5. The molecule has 28 heavy (non-hydrogen) atoms. The summed E-state index contributed by atoms with van der Waals surface area (Å²) in [6, 6.07) is 6.81. The highest BCUT2D eigenvalue weighted by Crippen LogP contribution is 2.28. The zero-order valence-corrected chi connectivity index (χ0v) is 18.3. The van der Waals surface area contributed by atoms with E-state index < -0.39 is 0 Å². The lowest BCUT2D eigenvalue weighted by Gasteiger charge is -2.21. The largest absolute Gasteiger partial charge is 0.342 e. The highest BCUT2D eigenvalue weighted by atomic mass is 14.9. The third kappa shape index (κ3) is 7.26. The first kappa shape index (κ1) is 21.4. The Balaban J connectivity index is 1.33. The molecule has 0 atom stereocenters. The van der Waals surface area contributed by atoms with Gasteiger partial charge in [-0.25, -0.2) is 4.98 Å². The fourth-order valence-corrected chi connectivity index (χ4v) is 4.87. The average Bonchev–Trinajstić information content (AvgIpc) is 3.13. The second-order valence-electron chi connectivity index (χ2n) is 9.16. The monoisotopic (exact) mass is 382 g/mol. The van der Waals surface area contributed by atoms with Gasteiger partial charge in [0.15, 0.2) is 0 Å². The van der Waals surface area contributed by atoms with Gasteiger partial charge in [-0.2, -0.15) is 0 Å². The van der Waals surface area contributed by atoms with Crippen molar-refractivity contribution >= 4 is 11.0 Å². The van der Waals surface area contributed by atoms with Gasteiger partial charge in [0.25, 0.3) is 0 Å². The van der Waals surface area contributed by atoms with Gasteiger partial charge in [-0.15, -0.1) is 0 Å². The van der Waals surface area contributed by atoms with Crippen LogP contribution in [0.4, 0.5) is 0 Å². The molecule has 0 saturated heterocycles. The first-order valence-electron chi connectivity index (χ1n) is 12.3. The van der Waals surface area contributed by atoms with Gasteiger partial charge in [-0.05, 0) is 42.9 Å². The molecule has 0 aliphatic heterocycles. The maximum absolute atomic E-state index is 4.81. The van der Waals surface area contributed by atoms with Gasteiger partial charge < -0.3 is 4.98 Å². The molecule has 1 fully saturated rings. The SMILES string of the molecule is CCCCCCCc1ccc2nc(CCCCCCC3CCCCC3)[nH]c2c1. The maximum atomic E-state index is 4.81. The van der Waals surface area contributed by atoms with E-state index in [2.05, 4.69) is 30.1 Å². The zero-order chi connectivity index (χ0) is 19.4. The number of H-pyrrole nitrogens is 1. The number of imidazole rings is 1. The molecule has 2 aromatic rings. The summed E-state index contributed by atoms with van der Waals surface area (Å²) >= 11 is 0. The number of aromatic nitrogens is 2. The van der Waals surface area contributed by atoms with E-state index in [1.165, 1.54) is 120 Å². The van der Waals surface area contributed by atoms with E-state index in [9.17, 15) is 0 Å². The molecule has 0 radical (unpaired) electrons. The number of aryl methyl sites for hydroxylation is 2. The summed E-state index contributed by atoms with van der Waals surface area (Å²) in [6.45, 7) is 2.28. The van der Waals surface area contributed by atoms with Crippen molar-refractivity contribution in [1.82, 2.24) is 9.97 Å². The van der Waals surface area contributed by atoms with Crippen LogP contribution in [-0.2, 0) is 12.8 Å². The minimum Gasteiger partial charge on any atom is -0.342 e. The van der Waals surface area contributed by atoms with Crippen LogP contribution in [0.3, 0.4) is 0 Å². The van der Waals surface area contributed by atoms with Gasteiger partial charge in [0.1, 0.15) is 5.82 Å². The Morgan fingerprint density at radius 2 is 1.61 bits per heavy atom. The molecule has 1 aromatic carbocycles. The summed E-state index contributed by atoms with van der Waals surface area (Å²) in [7, 11) is 0. The van der Waals surface area contributed by atoms with Crippen LogP contribution in [0.1, 0.15) is 115 Å². The minimum atomic E-state index is 1.05. The van der Waals surface area contributed by atoms with Crippen molar-refractivity contribution in [3.8, 4) is 0 Å². The number of fused-ring (bicyclic) bond motifs is 1. The minimum absolute atomic E-state index is 1.05. The second kappa shape index (κ2) is 12.3. The maximum Gasteiger partial charge on any atom is 0.107 e. The molecule has 1 heterocycles. The third-order valence-electron chi connectivity index (χ3n) is 6.67. The predicted octanol–water partition coefficient (Wildman–Crippen LogP) is 8.15. The predicted molar refractivity (Wildman–Crippen MR) is 122 cm³/mol. The summed E-state index contributed by atoms with van der Waals surface area (Å²) in [4.78, 5) is 8.39. The Labute approximate surface area is 172 Å². The Morgan fingerprint density at radius 3 is 2.43 bits per heavy atom. The normalized spacial score (nSPS) is 15.5. The summed E-state index contributed by atoms with van der Waals surface area (Å²) in [5.74, 6) is 2.23. The highest BCUT2D eigenvalue weighted by Gasteiger charge is 2.12. The number of nitrogens with one attached hydrogen (secondary N) is 1. The Kier molecular flexibility index (Phi) is 9.40. The molecule has 0 amide bonds. The van der Waals surface area contributed by atoms with Gasteiger partial charge in [0, 0.05) is 6.42 Å². The van der Waals surface area contributed by atoms with Crippen molar-refractivity contribution in [2.75, 3.05) is 0 Å². The fourth-order valence-electron chi connectivity index (χ4n) is 4.87. The topological polar surface area (TPSA) is 28.7 Å². The Bertz CT molecular complexity index is 666. The van der Waals surface area contributed by atoms with E-state index in [0.29, 0.717) is 0 Å². The third-order valence-corrected chi connectivity index (χ3v) is 6.67. The Morgan fingerprint density at radius 1 is 0.857 bits per heavy atom. The van der Waals surface area contributed by atoms with Gasteiger partial charge in [-0.1, -0.05) is 96.5 Å².